The Bertz CT molecular complexity index is 825. The van der Waals surface area contributed by atoms with Crippen LogP contribution in [0.25, 0.3) is 0 Å². The van der Waals surface area contributed by atoms with E-state index in [0.29, 0.717) is 24.5 Å². The summed E-state index contributed by atoms with van der Waals surface area (Å²) in [5, 5.41) is 2.83. The van der Waals surface area contributed by atoms with E-state index in [0.717, 1.165) is 6.42 Å². The SMILES string of the molecule is CC(=O)N(C)[C@H]1CCN(C(=O)Nc2ccc(Oc3ccccc3F)cc2)C1. The van der Waals surface area contributed by atoms with E-state index < -0.39 is 5.82 Å². The Hall–Kier alpha value is -3.09. The van der Waals surface area contributed by atoms with E-state index >= 15 is 0 Å². The van der Waals surface area contributed by atoms with E-state index in [1.54, 1.807) is 59.3 Å². The first-order valence-corrected chi connectivity index (χ1v) is 8.76. The molecular formula is C20H22FN3O3. The summed E-state index contributed by atoms with van der Waals surface area (Å²) in [6.07, 6.45) is 0.763. The molecule has 1 saturated heterocycles. The van der Waals surface area contributed by atoms with Crippen molar-refractivity contribution in [1.29, 1.82) is 0 Å². The third-order valence-corrected chi connectivity index (χ3v) is 4.67. The largest absolute Gasteiger partial charge is 0.454 e. The summed E-state index contributed by atoms with van der Waals surface area (Å²) < 4.78 is 19.1. The van der Waals surface area contributed by atoms with Crippen LogP contribution in [-0.2, 0) is 4.79 Å². The van der Waals surface area contributed by atoms with Crippen molar-refractivity contribution in [2.24, 2.45) is 0 Å². The standard InChI is InChI=1S/C20H22FN3O3/c1-14(25)23(2)16-11-12-24(13-16)20(26)22-15-7-9-17(10-8-15)27-19-6-4-3-5-18(19)21/h3-10,16H,11-13H2,1-2H3,(H,22,26)/t16-/m0/s1. The molecule has 0 bridgehead atoms. The molecule has 0 aromatic heterocycles. The Labute approximate surface area is 157 Å². The maximum absolute atomic E-state index is 13.6. The molecular weight excluding hydrogens is 349 g/mol. The topological polar surface area (TPSA) is 61.9 Å². The molecule has 1 heterocycles. The van der Waals surface area contributed by atoms with Gasteiger partial charge in [-0.05, 0) is 42.8 Å². The molecule has 3 rings (SSSR count). The molecule has 1 N–H and O–H groups in total. The van der Waals surface area contributed by atoms with Crippen LogP contribution in [0.2, 0.25) is 0 Å². The molecule has 1 atom stereocenters. The highest BCUT2D eigenvalue weighted by molar-refractivity contribution is 5.89. The second-order valence-electron chi connectivity index (χ2n) is 6.51. The number of hydrogen-bond acceptors (Lipinski definition) is 3. The molecule has 0 spiro atoms. The summed E-state index contributed by atoms with van der Waals surface area (Å²) in [6, 6.07) is 12.7. The number of carbonyl (C=O) groups is 2. The molecule has 142 valence electrons. The predicted molar refractivity (Wildman–Crippen MR) is 100 cm³/mol. The number of urea groups is 1. The predicted octanol–water partition coefficient (Wildman–Crippen LogP) is 3.70. The number of ether oxygens (including phenoxy) is 1. The van der Waals surface area contributed by atoms with Crippen LogP contribution < -0.4 is 10.1 Å². The summed E-state index contributed by atoms with van der Waals surface area (Å²) in [5.74, 6) is 0.177. The van der Waals surface area contributed by atoms with Crippen LogP contribution in [0.5, 0.6) is 11.5 Å². The zero-order chi connectivity index (χ0) is 19.4. The van der Waals surface area contributed by atoms with E-state index in [1.807, 2.05) is 0 Å². The van der Waals surface area contributed by atoms with Gasteiger partial charge in [-0.1, -0.05) is 12.1 Å². The Morgan fingerprint density at radius 3 is 2.56 bits per heavy atom. The molecule has 27 heavy (non-hydrogen) atoms. The number of likely N-dealkylation sites (N-methyl/N-ethyl adjacent to an activating group) is 1. The van der Waals surface area contributed by atoms with Crippen LogP contribution in [0.1, 0.15) is 13.3 Å². The average Bonchev–Trinajstić information content (AvgIpc) is 3.14. The first-order chi connectivity index (χ1) is 12.9. The zero-order valence-corrected chi connectivity index (χ0v) is 15.3. The molecule has 7 heteroatoms. The van der Waals surface area contributed by atoms with Gasteiger partial charge in [-0.3, -0.25) is 4.79 Å². The van der Waals surface area contributed by atoms with E-state index in [1.165, 1.54) is 13.0 Å². The highest BCUT2D eigenvalue weighted by Crippen LogP contribution is 2.25. The molecule has 0 aliphatic carbocycles. The number of likely N-dealkylation sites (tertiary alicyclic amines) is 1. The maximum Gasteiger partial charge on any atom is 0.321 e. The minimum absolute atomic E-state index is 0.00676. The Kier molecular flexibility index (Phi) is 5.59. The van der Waals surface area contributed by atoms with E-state index in [9.17, 15) is 14.0 Å². The lowest BCUT2D eigenvalue weighted by Crippen LogP contribution is -2.40. The van der Waals surface area contributed by atoms with Gasteiger partial charge in [0.05, 0.1) is 6.04 Å². The van der Waals surface area contributed by atoms with Crippen molar-refractivity contribution in [2.75, 3.05) is 25.5 Å². The van der Waals surface area contributed by atoms with Gasteiger partial charge in [-0.2, -0.15) is 0 Å². The quantitative estimate of drug-likeness (QED) is 0.891. The van der Waals surface area contributed by atoms with Crippen molar-refractivity contribution >= 4 is 17.6 Å². The monoisotopic (exact) mass is 371 g/mol. The maximum atomic E-state index is 13.6. The van der Waals surface area contributed by atoms with Crippen molar-refractivity contribution < 1.29 is 18.7 Å². The number of nitrogens with zero attached hydrogens (tertiary/aromatic N) is 2. The van der Waals surface area contributed by atoms with E-state index in [4.69, 9.17) is 4.74 Å². The van der Waals surface area contributed by atoms with Crippen molar-refractivity contribution in [3.8, 4) is 11.5 Å². The molecule has 0 unspecified atom stereocenters. The highest BCUT2D eigenvalue weighted by atomic mass is 19.1. The number of rotatable bonds is 4. The van der Waals surface area contributed by atoms with Gasteiger partial charge in [0.1, 0.15) is 5.75 Å². The van der Waals surface area contributed by atoms with Gasteiger partial charge in [0, 0.05) is 32.7 Å². The molecule has 1 aliphatic heterocycles. The molecule has 6 nitrogen and oxygen atoms in total. The third-order valence-electron chi connectivity index (χ3n) is 4.67. The fourth-order valence-corrected chi connectivity index (χ4v) is 2.96. The minimum atomic E-state index is -0.436. The molecule has 1 fully saturated rings. The van der Waals surface area contributed by atoms with Crippen molar-refractivity contribution in [3.63, 3.8) is 0 Å². The van der Waals surface area contributed by atoms with Crippen LogP contribution in [-0.4, -0.2) is 47.9 Å². The van der Waals surface area contributed by atoms with Crippen LogP contribution in [0.4, 0.5) is 14.9 Å². The van der Waals surface area contributed by atoms with Crippen LogP contribution in [0.3, 0.4) is 0 Å². The van der Waals surface area contributed by atoms with Crippen LogP contribution in [0.15, 0.2) is 48.5 Å². The molecule has 3 amide bonds. The second kappa shape index (κ2) is 8.07. The summed E-state index contributed by atoms with van der Waals surface area (Å²) in [6.45, 7) is 2.63. The van der Waals surface area contributed by atoms with E-state index in [2.05, 4.69) is 5.32 Å². The number of anilines is 1. The lowest BCUT2D eigenvalue weighted by atomic mass is 10.2. The minimum Gasteiger partial charge on any atom is -0.454 e. The van der Waals surface area contributed by atoms with Crippen molar-refractivity contribution in [1.82, 2.24) is 9.80 Å². The fraction of sp³-hybridized carbons (Fsp3) is 0.300. The normalized spacial score (nSPS) is 16.1. The lowest BCUT2D eigenvalue weighted by molar-refractivity contribution is -0.129. The number of benzene rings is 2. The molecule has 2 aromatic carbocycles. The van der Waals surface area contributed by atoms with Gasteiger partial charge in [0.2, 0.25) is 5.91 Å². The number of nitrogens with one attached hydrogen (secondary N) is 1. The number of amides is 3. The number of carbonyl (C=O) groups excluding carboxylic acids is 2. The smallest absolute Gasteiger partial charge is 0.321 e. The molecule has 2 aromatic rings. The number of halogens is 1. The second-order valence-corrected chi connectivity index (χ2v) is 6.51. The third kappa shape index (κ3) is 4.55. The van der Waals surface area contributed by atoms with Gasteiger partial charge in [0.25, 0.3) is 0 Å². The van der Waals surface area contributed by atoms with Crippen LogP contribution >= 0.6 is 0 Å². The van der Waals surface area contributed by atoms with E-state index in [-0.39, 0.29) is 23.7 Å². The van der Waals surface area contributed by atoms with Crippen molar-refractivity contribution in [2.45, 2.75) is 19.4 Å². The summed E-state index contributed by atoms with van der Waals surface area (Å²) in [4.78, 5) is 27.2. The first kappa shape index (κ1) is 18.7. The Morgan fingerprint density at radius 1 is 1.19 bits per heavy atom. The number of para-hydroxylation sites is 1. The van der Waals surface area contributed by atoms with Gasteiger partial charge in [0.15, 0.2) is 11.6 Å². The average molecular weight is 371 g/mol. The molecule has 0 radical (unpaired) electrons. The fourth-order valence-electron chi connectivity index (χ4n) is 2.96. The Balaban J connectivity index is 1.56. The molecule has 0 saturated carbocycles. The molecule has 1 aliphatic rings. The number of hydrogen-bond donors (Lipinski definition) is 1. The van der Waals surface area contributed by atoms with Gasteiger partial charge in [-0.25, -0.2) is 9.18 Å². The van der Waals surface area contributed by atoms with Crippen LogP contribution in [0, 0.1) is 5.82 Å². The first-order valence-electron chi connectivity index (χ1n) is 8.76. The Morgan fingerprint density at radius 2 is 1.89 bits per heavy atom. The van der Waals surface area contributed by atoms with Gasteiger partial charge >= 0.3 is 6.03 Å². The van der Waals surface area contributed by atoms with Gasteiger partial charge in [-0.15, -0.1) is 0 Å². The lowest BCUT2D eigenvalue weighted by Gasteiger charge is -2.23. The summed E-state index contributed by atoms with van der Waals surface area (Å²) in [7, 11) is 1.75. The summed E-state index contributed by atoms with van der Waals surface area (Å²) in [5.41, 5.74) is 0.615. The highest BCUT2D eigenvalue weighted by Gasteiger charge is 2.29. The summed E-state index contributed by atoms with van der Waals surface area (Å²) >= 11 is 0. The van der Waals surface area contributed by atoms with Crippen molar-refractivity contribution in [3.05, 3.63) is 54.3 Å². The zero-order valence-electron chi connectivity index (χ0n) is 15.3. The van der Waals surface area contributed by atoms with Gasteiger partial charge < -0.3 is 19.9 Å².